The van der Waals surface area contributed by atoms with Gasteiger partial charge in [0.25, 0.3) is 0 Å². The molecule has 0 bridgehead atoms. The smallest absolute Gasteiger partial charge is 0.213 e. The van der Waals surface area contributed by atoms with Crippen LogP contribution in [0.25, 0.3) is 6.08 Å². The molecule has 1 aromatic rings. The second-order valence-electron chi connectivity index (χ2n) is 4.52. The van der Waals surface area contributed by atoms with Crippen LogP contribution in [0.4, 0.5) is 0 Å². The highest BCUT2D eigenvalue weighted by Crippen LogP contribution is 2.31. The summed E-state index contributed by atoms with van der Waals surface area (Å²) in [5, 5.41) is 19.8. The maximum absolute atomic E-state index is 10.7. The van der Waals surface area contributed by atoms with Crippen molar-refractivity contribution in [3.8, 4) is 6.07 Å². The third-order valence-electron chi connectivity index (χ3n) is 3.40. The molecule has 0 saturated heterocycles. The molecule has 1 saturated carbocycles. The summed E-state index contributed by atoms with van der Waals surface area (Å²) < 4.78 is 5.18. The Morgan fingerprint density at radius 3 is 2.72 bits per heavy atom. The van der Waals surface area contributed by atoms with Gasteiger partial charge in [-0.3, -0.25) is 10.1 Å². The number of allylic oxidation sites excluding steroid dienone is 1. The zero-order valence-corrected chi connectivity index (χ0v) is 9.91. The maximum atomic E-state index is 10.7. The van der Waals surface area contributed by atoms with E-state index < -0.39 is 6.04 Å². The molecule has 0 spiro atoms. The van der Waals surface area contributed by atoms with E-state index in [0.29, 0.717) is 37.0 Å². The Labute approximate surface area is 105 Å². The fraction of sp³-hybridized carbons (Fsp3) is 0.462. The van der Waals surface area contributed by atoms with Crippen molar-refractivity contribution in [2.24, 2.45) is 5.92 Å². The Morgan fingerprint density at radius 2 is 2.22 bits per heavy atom. The molecular weight excluding hydrogens is 232 g/mol. The predicted molar refractivity (Wildman–Crippen MR) is 65.0 cm³/mol. The molecule has 0 radical (unpaired) electrons. The van der Waals surface area contributed by atoms with Crippen LogP contribution in [0.2, 0.25) is 0 Å². The minimum absolute atomic E-state index is 0.122. The highest BCUT2D eigenvalue weighted by atomic mass is 16.6. The van der Waals surface area contributed by atoms with E-state index in [9.17, 15) is 10.1 Å². The van der Waals surface area contributed by atoms with Crippen LogP contribution < -0.4 is 0 Å². The van der Waals surface area contributed by atoms with E-state index in [-0.39, 0.29) is 10.8 Å². The summed E-state index contributed by atoms with van der Waals surface area (Å²) in [6.07, 6.45) is 5.79. The van der Waals surface area contributed by atoms with Crippen LogP contribution in [-0.4, -0.2) is 11.0 Å². The molecule has 0 N–H and O–H groups in total. The third-order valence-corrected chi connectivity index (χ3v) is 3.40. The van der Waals surface area contributed by atoms with Gasteiger partial charge < -0.3 is 4.42 Å². The summed E-state index contributed by atoms with van der Waals surface area (Å²) in [6, 6.07) is 5.31. The van der Waals surface area contributed by atoms with Crippen LogP contribution in [0.3, 0.4) is 0 Å². The van der Waals surface area contributed by atoms with Gasteiger partial charge in [-0.2, -0.15) is 5.26 Å². The van der Waals surface area contributed by atoms with Gasteiger partial charge in [-0.1, -0.05) is 0 Å². The van der Waals surface area contributed by atoms with Gasteiger partial charge in [0.2, 0.25) is 6.04 Å². The van der Waals surface area contributed by atoms with Gasteiger partial charge in [0, 0.05) is 23.3 Å². The topological polar surface area (TPSA) is 80.1 Å². The minimum Gasteiger partial charge on any atom is -0.465 e. The highest BCUT2D eigenvalue weighted by Gasteiger charge is 2.30. The zero-order chi connectivity index (χ0) is 13.0. The summed E-state index contributed by atoms with van der Waals surface area (Å²) in [6.45, 7) is 0. The zero-order valence-electron chi connectivity index (χ0n) is 9.91. The first-order chi connectivity index (χ1) is 8.70. The second kappa shape index (κ2) is 5.50. The van der Waals surface area contributed by atoms with Gasteiger partial charge in [-0.15, -0.1) is 0 Å². The molecule has 1 fully saturated rings. The molecule has 0 aliphatic heterocycles. The first kappa shape index (κ1) is 12.4. The largest absolute Gasteiger partial charge is 0.465 e. The third kappa shape index (κ3) is 2.77. The normalized spacial score (nSPS) is 24.5. The van der Waals surface area contributed by atoms with Gasteiger partial charge >= 0.3 is 0 Å². The average Bonchev–Trinajstić information content (AvgIpc) is 2.89. The first-order valence-corrected chi connectivity index (χ1v) is 5.99. The number of nitriles is 1. The van der Waals surface area contributed by atoms with Gasteiger partial charge in [-0.25, -0.2) is 0 Å². The fourth-order valence-electron chi connectivity index (χ4n) is 2.37. The maximum Gasteiger partial charge on any atom is 0.213 e. The lowest BCUT2D eigenvalue weighted by Gasteiger charge is -2.23. The Balaban J connectivity index is 2.04. The van der Waals surface area contributed by atoms with Crippen molar-refractivity contribution in [3.05, 3.63) is 39.8 Å². The van der Waals surface area contributed by atoms with Crippen LogP contribution in [0.5, 0.6) is 0 Å². The Bertz CT molecular complexity index is 477. The van der Waals surface area contributed by atoms with E-state index in [1.54, 1.807) is 24.5 Å². The molecule has 1 aliphatic rings. The molecule has 1 heterocycles. The SMILES string of the molecule is N#CC(=Cc1ccco1)C1CCC([N+](=O)[O-])CC1. The first-order valence-electron chi connectivity index (χ1n) is 5.99. The van der Waals surface area contributed by atoms with Gasteiger partial charge in [0.1, 0.15) is 5.76 Å². The summed E-state index contributed by atoms with van der Waals surface area (Å²) in [5.74, 6) is 0.777. The standard InChI is InChI=1S/C13H14N2O3/c14-9-11(8-13-2-1-7-18-13)10-3-5-12(6-4-10)15(16)17/h1-2,7-8,10,12H,3-6H2. The lowest BCUT2D eigenvalue weighted by atomic mass is 9.82. The van der Waals surface area contributed by atoms with Crippen LogP contribution in [0.1, 0.15) is 31.4 Å². The van der Waals surface area contributed by atoms with Gasteiger partial charge in [0.05, 0.1) is 12.3 Å². The lowest BCUT2D eigenvalue weighted by Crippen LogP contribution is -2.26. The summed E-state index contributed by atoms with van der Waals surface area (Å²) >= 11 is 0. The van der Waals surface area contributed by atoms with Crippen LogP contribution in [-0.2, 0) is 0 Å². The molecule has 0 unspecified atom stereocenters. The number of furan rings is 1. The molecular formula is C13H14N2O3. The Hall–Kier alpha value is -2.09. The minimum atomic E-state index is -0.440. The van der Waals surface area contributed by atoms with E-state index in [4.69, 9.17) is 9.68 Å². The summed E-state index contributed by atoms with van der Waals surface area (Å²) in [7, 11) is 0. The van der Waals surface area contributed by atoms with Crippen molar-refractivity contribution in [2.45, 2.75) is 31.7 Å². The summed E-state index contributed by atoms with van der Waals surface area (Å²) in [4.78, 5) is 10.5. The van der Waals surface area contributed by atoms with Crippen molar-refractivity contribution < 1.29 is 9.34 Å². The fourth-order valence-corrected chi connectivity index (χ4v) is 2.37. The number of rotatable bonds is 3. The number of nitrogens with zero attached hydrogens (tertiary/aromatic N) is 2. The van der Waals surface area contributed by atoms with Crippen LogP contribution in [0.15, 0.2) is 28.4 Å². The van der Waals surface area contributed by atoms with E-state index in [0.717, 1.165) is 0 Å². The molecule has 1 aliphatic carbocycles. The number of hydrogen-bond acceptors (Lipinski definition) is 4. The molecule has 5 heteroatoms. The number of hydrogen-bond donors (Lipinski definition) is 0. The molecule has 2 rings (SSSR count). The number of nitro groups is 1. The van der Waals surface area contributed by atoms with Crippen molar-refractivity contribution in [2.75, 3.05) is 0 Å². The van der Waals surface area contributed by atoms with Crippen LogP contribution in [0, 0.1) is 27.4 Å². The predicted octanol–water partition coefficient (Wildman–Crippen LogP) is 3.02. The van der Waals surface area contributed by atoms with E-state index in [2.05, 4.69) is 6.07 Å². The van der Waals surface area contributed by atoms with E-state index in [1.807, 2.05) is 0 Å². The molecule has 0 amide bonds. The lowest BCUT2D eigenvalue weighted by molar-refractivity contribution is -0.526. The van der Waals surface area contributed by atoms with Gasteiger partial charge in [-0.05, 0) is 37.0 Å². The quantitative estimate of drug-likeness (QED) is 0.466. The molecule has 5 nitrogen and oxygen atoms in total. The van der Waals surface area contributed by atoms with E-state index in [1.165, 1.54) is 0 Å². The average molecular weight is 246 g/mol. The molecule has 94 valence electrons. The van der Waals surface area contributed by atoms with Crippen molar-refractivity contribution in [3.63, 3.8) is 0 Å². The molecule has 0 aromatic carbocycles. The van der Waals surface area contributed by atoms with Crippen molar-refractivity contribution in [1.82, 2.24) is 0 Å². The molecule has 18 heavy (non-hydrogen) atoms. The van der Waals surface area contributed by atoms with Gasteiger partial charge in [0.15, 0.2) is 0 Å². The molecule has 1 aromatic heterocycles. The van der Waals surface area contributed by atoms with Crippen molar-refractivity contribution >= 4 is 6.08 Å². The van der Waals surface area contributed by atoms with Crippen molar-refractivity contribution in [1.29, 1.82) is 5.26 Å². The Kier molecular flexibility index (Phi) is 3.78. The second-order valence-corrected chi connectivity index (χ2v) is 4.52. The van der Waals surface area contributed by atoms with E-state index >= 15 is 0 Å². The van der Waals surface area contributed by atoms with Crippen LogP contribution >= 0.6 is 0 Å². The summed E-state index contributed by atoms with van der Waals surface area (Å²) in [5.41, 5.74) is 0.659. The highest BCUT2D eigenvalue weighted by molar-refractivity contribution is 5.53. The molecule has 0 atom stereocenters. The Morgan fingerprint density at radius 1 is 1.50 bits per heavy atom. The monoisotopic (exact) mass is 246 g/mol.